The second-order valence-electron chi connectivity index (χ2n) is 1.70. The number of hydrogen-bond acceptors (Lipinski definition) is 3. The van der Waals surface area contributed by atoms with E-state index < -0.39 is 11.8 Å². The zero-order valence-electron chi connectivity index (χ0n) is 4.91. The lowest BCUT2D eigenvalue weighted by Gasteiger charge is -2.19. The Morgan fingerprint density at radius 3 is 2.30 bits per heavy atom. The van der Waals surface area contributed by atoms with Crippen molar-refractivity contribution in [2.45, 2.75) is 5.79 Å². The summed E-state index contributed by atoms with van der Waals surface area (Å²) < 4.78 is 9.40. The fourth-order valence-electron chi connectivity index (χ4n) is 0.524. The summed E-state index contributed by atoms with van der Waals surface area (Å²) in [7, 11) is 0. The van der Waals surface area contributed by atoms with Gasteiger partial charge in [-0.05, 0) is 0 Å². The molecule has 0 bridgehead atoms. The minimum absolute atomic E-state index is 0.0995. The summed E-state index contributed by atoms with van der Waals surface area (Å²) in [5.74, 6) is -2.69. The summed E-state index contributed by atoms with van der Waals surface area (Å²) in [6, 6.07) is 0. The molecule has 1 N–H and O–H groups in total. The molecule has 4 nitrogen and oxygen atoms in total. The third-order valence-corrected chi connectivity index (χ3v) is 1.81. The van der Waals surface area contributed by atoms with Gasteiger partial charge in [-0.2, -0.15) is 0 Å². The minimum Gasteiger partial charge on any atom is -0.475 e. The molecule has 0 aromatic rings. The highest BCUT2D eigenvalue weighted by atomic mass is 79.9. The first-order valence-corrected chi connectivity index (χ1v) is 3.63. The normalized spacial score (nSPS) is 19.7. The summed E-state index contributed by atoms with van der Waals surface area (Å²) in [6.07, 6.45) is 2.41. The van der Waals surface area contributed by atoms with Crippen LogP contribution in [0.3, 0.4) is 0 Å². The maximum absolute atomic E-state index is 10.4. The molecule has 0 fully saturated rings. The van der Waals surface area contributed by atoms with Gasteiger partial charge in [-0.3, -0.25) is 0 Å². The van der Waals surface area contributed by atoms with Gasteiger partial charge in [0.15, 0.2) is 0 Å². The predicted molar refractivity (Wildman–Crippen MR) is 35.5 cm³/mol. The number of rotatable bonds is 2. The molecule has 10 heavy (non-hydrogen) atoms. The van der Waals surface area contributed by atoms with E-state index in [0.29, 0.717) is 0 Å². The predicted octanol–water partition coefficient (Wildman–Crippen LogP) is 0.680. The van der Waals surface area contributed by atoms with E-state index in [1.807, 2.05) is 0 Å². The van der Waals surface area contributed by atoms with Crippen molar-refractivity contribution in [3.8, 4) is 0 Å². The molecule has 0 aromatic carbocycles. The monoisotopic (exact) mass is 208 g/mol. The molecule has 5 heteroatoms. The Labute approximate surface area is 65.6 Å². The van der Waals surface area contributed by atoms with Gasteiger partial charge in [0.05, 0.1) is 5.33 Å². The van der Waals surface area contributed by atoms with Crippen molar-refractivity contribution >= 4 is 21.9 Å². The van der Waals surface area contributed by atoms with E-state index in [1.54, 1.807) is 0 Å². The number of carboxylic acids is 1. The molecule has 0 aromatic heterocycles. The highest BCUT2D eigenvalue weighted by Crippen LogP contribution is 2.22. The van der Waals surface area contributed by atoms with Crippen LogP contribution in [0.15, 0.2) is 12.5 Å². The maximum Gasteiger partial charge on any atom is 0.391 e. The highest BCUT2D eigenvalue weighted by Gasteiger charge is 2.43. The van der Waals surface area contributed by atoms with Crippen LogP contribution >= 0.6 is 15.9 Å². The average Bonchev–Trinajstić information content (AvgIpc) is 2.35. The summed E-state index contributed by atoms with van der Waals surface area (Å²) in [5, 5.41) is 8.64. The van der Waals surface area contributed by atoms with Gasteiger partial charge in [0.25, 0.3) is 0 Å². The van der Waals surface area contributed by atoms with Gasteiger partial charge >= 0.3 is 11.8 Å². The molecule has 0 saturated carbocycles. The largest absolute Gasteiger partial charge is 0.475 e. The molecule has 0 atom stereocenters. The number of aliphatic carboxylic acids is 1. The van der Waals surface area contributed by atoms with Gasteiger partial charge in [-0.15, -0.1) is 0 Å². The Balaban J connectivity index is 2.70. The standard InChI is InChI=1S/C5H5BrO4/c6-3-5(4(7)8)9-1-2-10-5/h1-2H,3H2,(H,7,8). The third kappa shape index (κ3) is 0.965. The quantitative estimate of drug-likeness (QED) is 0.679. The number of carboxylic acid groups (broad SMARTS) is 1. The third-order valence-electron chi connectivity index (χ3n) is 1.07. The number of alkyl halides is 1. The van der Waals surface area contributed by atoms with Crippen LogP contribution < -0.4 is 0 Å². The first-order valence-electron chi connectivity index (χ1n) is 2.51. The van der Waals surface area contributed by atoms with E-state index in [-0.39, 0.29) is 5.33 Å². The molecule has 0 spiro atoms. The Kier molecular flexibility index (Phi) is 1.85. The van der Waals surface area contributed by atoms with Gasteiger partial charge in [0, 0.05) is 0 Å². The van der Waals surface area contributed by atoms with Crippen LogP contribution in [-0.4, -0.2) is 22.2 Å². The molecule has 1 heterocycles. The second kappa shape index (κ2) is 2.49. The van der Waals surface area contributed by atoms with E-state index in [0.717, 1.165) is 0 Å². The zero-order valence-corrected chi connectivity index (χ0v) is 6.50. The van der Waals surface area contributed by atoms with Crippen LogP contribution in [0.1, 0.15) is 0 Å². The van der Waals surface area contributed by atoms with E-state index in [9.17, 15) is 4.79 Å². The van der Waals surface area contributed by atoms with Crippen LogP contribution in [0, 0.1) is 0 Å². The smallest absolute Gasteiger partial charge is 0.391 e. The fraction of sp³-hybridized carbons (Fsp3) is 0.400. The number of hydrogen-bond donors (Lipinski definition) is 1. The summed E-state index contributed by atoms with van der Waals surface area (Å²) in [6.45, 7) is 0. The Morgan fingerprint density at radius 1 is 1.60 bits per heavy atom. The van der Waals surface area contributed by atoms with Crippen LogP contribution in [0.4, 0.5) is 0 Å². The van der Waals surface area contributed by atoms with Crippen LogP contribution in [-0.2, 0) is 14.3 Å². The lowest BCUT2D eigenvalue weighted by atomic mass is 10.3. The first-order chi connectivity index (χ1) is 4.71. The molecule has 1 aliphatic rings. The molecular formula is C5H5BrO4. The zero-order chi connectivity index (χ0) is 7.61. The van der Waals surface area contributed by atoms with Gasteiger partial charge in [-0.1, -0.05) is 15.9 Å². The van der Waals surface area contributed by atoms with Gasteiger partial charge in [0.2, 0.25) is 0 Å². The van der Waals surface area contributed by atoms with Crippen LogP contribution in [0.2, 0.25) is 0 Å². The molecule has 0 unspecified atom stereocenters. The maximum atomic E-state index is 10.4. The number of halogens is 1. The van der Waals surface area contributed by atoms with E-state index in [1.165, 1.54) is 12.5 Å². The molecule has 0 amide bonds. The van der Waals surface area contributed by atoms with Crippen molar-refractivity contribution in [1.82, 2.24) is 0 Å². The van der Waals surface area contributed by atoms with Gasteiger partial charge in [0.1, 0.15) is 12.5 Å². The van der Waals surface area contributed by atoms with Crippen molar-refractivity contribution in [3.63, 3.8) is 0 Å². The summed E-state index contributed by atoms with van der Waals surface area (Å²) >= 11 is 2.96. The lowest BCUT2D eigenvalue weighted by molar-refractivity contribution is -0.187. The van der Waals surface area contributed by atoms with E-state index >= 15 is 0 Å². The van der Waals surface area contributed by atoms with Gasteiger partial charge in [-0.25, -0.2) is 4.79 Å². The van der Waals surface area contributed by atoms with Crippen molar-refractivity contribution in [1.29, 1.82) is 0 Å². The molecular weight excluding hydrogens is 204 g/mol. The Hall–Kier alpha value is -0.710. The number of carbonyl (C=O) groups is 1. The first kappa shape index (κ1) is 7.40. The molecule has 1 rings (SSSR count). The SMILES string of the molecule is O=C(O)C1(CBr)OC=CO1. The fourth-order valence-corrected chi connectivity index (χ4v) is 1.03. The molecule has 56 valence electrons. The topological polar surface area (TPSA) is 55.8 Å². The second-order valence-corrected chi connectivity index (χ2v) is 2.26. The molecule has 0 radical (unpaired) electrons. The Morgan fingerprint density at radius 2 is 2.10 bits per heavy atom. The van der Waals surface area contributed by atoms with Crippen molar-refractivity contribution in [2.24, 2.45) is 0 Å². The van der Waals surface area contributed by atoms with Crippen molar-refractivity contribution in [2.75, 3.05) is 5.33 Å². The van der Waals surface area contributed by atoms with Crippen LogP contribution in [0.25, 0.3) is 0 Å². The van der Waals surface area contributed by atoms with Crippen molar-refractivity contribution < 1.29 is 19.4 Å². The van der Waals surface area contributed by atoms with Crippen molar-refractivity contribution in [3.05, 3.63) is 12.5 Å². The molecule has 0 saturated heterocycles. The van der Waals surface area contributed by atoms with Crippen LogP contribution in [0.5, 0.6) is 0 Å². The molecule has 1 aliphatic heterocycles. The summed E-state index contributed by atoms with van der Waals surface area (Å²) in [5.41, 5.74) is 0. The highest BCUT2D eigenvalue weighted by molar-refractivity contribution is 9.09. The Bertz CT molecular complexity index is 168. The average molecular weight is 209 g/mol. The minimum atomic E-state index is -1.54. The summed E-state index contributed by atoms with van der Waals surface area (Å²) in [4.78, 5) is 10.4. The number of ether oxygens (including phenoxy) is 2. The van der Waals surface area contributed by atoms with E-state index in [2.05, 4.69) is 15.9 Å². The lowest BCUT2D eigenvalue weighted by Crippen LogP contribution is -2.41. The van der Waals surface area contributed by atoms with E-state index in [4.69, 9.17) is 14.6 Å². The van der Waals surface area contributed by atoms with Gasteiger partial charge < -0.3 is 14.6 Å². The molecule has 0 aliphatic carbocycles.